The molecule has 3 N–H and O–H groups in total. The van der Waals surface area contributed by atoms with Gasteiger partial charge in [-0.1, -0.05) is 48.5 Å². The number of rotatable bonds is 9. The molecule has 0 fully saturated rings. The Kier molecular flexibility index (Phi) is 7.81. The van der Waals surface area contributed by atoms with Gasteiger partial charge in [0.1, 0.15) is 18.5 Å². The summed E-state index contributed by atoms with van der Waals surface area (Å²) < 4.78 is 9.15. The Hall–Kier alpha value is -3.96. The summed E-state index contributed by atoms with van der Waals surface area (Å²) in [5, 5.41) is 14.9. The summed E-state index contributed by atoms with van der Waals surface area (Å²) in [6.45, 7) is 1.88. The zero-order valence-electron chi connectivity index (χ0n) is 19.7. The molecule has 2 aromatic heterocycles. The van der Waals surface area contributed by atoms with Crippen LogP contribution in [0.2, 0.25) is 0 Å². The van der Waals surface area contributed by atoms with Gasteiger partial charge in [-0.25, -0.2) is 10.2 Å². The first kappa shape index (κ1) is 25.1. The van der Waals surface area contributed by atoms with E-state index in [0.717, 1.165) is 11.1 Å². The predicted molar refractivity (Wildman–Crippen MR) is 144 cm³/mol. The highest BCUT2D eigenvalue weighted by atomic mass is 79.9. The normalized spacial score (nSPS) is 12.8. The van der Waals surface area contributed by atoms with Crippen molar-refractivity contribution in [2.45, 2.75) is 19.6 Å². The van der Waals surface area contributed by atoms with Crippen molar-refractivity contribution >= 4 is 45.3 Å². The van der Waals surface area contributed by atoms with E-state index >= 15 is 0 Å². The molecule has 0 saturated heterocycles. The minimum Gasteiger partial charge on any atom is -0.491 e. The number of aromatic amines is 1. The topological polar surface area (TPSA) is 127 Å². The number of H-pyrrole nitrogens is 1. The molecule has 4 rings (SSSR count). The average Bonchev–Trinajstić information content (AvgIpc) is 3.21. The Labute approximate surface area is 214 Å². The number of imidazole rings is 1. The summed E-state index contributed by atoms with van der Waals surface area (Å²) in [6, 6.07) is 17.2. The second kappa shape index (κ2) is 11.2. The molecule has 11 heteroatoms. The Bertz CT molecular complexity index is 1540. The van der Waals surface area contributed by atoms with E-state index in [-0.39, 0.29) is 30.3 Å². The van der Waals surface area contributed by atoms with Gasteiger partial charge in [0.05, 0.1) is 12.8 Å². The number of nitrogens with zero attached hydrogens (tertiary/aromatic N) is 4. The molecule has 0 aliphatic carbocycles. The highest BCUT2D eigenvalue weighted by molar-refractivity contribution is 9.12. The number of hydrogen-bond donors (Lipinski definition) is 3. The lowest BCUT2D eigenvalue weighted by Crippen LogP contribution is -2.30. The molecule has 0 bridgehead atoms. The molecule has 2 aromatic carbocycles. The largest absolute Gasteiger partial charge is 0.491 e. The van der Waals surface area contributed by atoms with Crippen LogP contribution < -0.4 is 21.4 Å². The fourth-order valence-electron chi connectivity index (χ4n) is 3.56. The summed E-state index contributed by atoms with van der Waals surface area (Å²) in [4.78, 5) is 31.4. The van der Waals surface area contributed by atoms with Crippen molar-refractivity contribution in [3.05, 3.63) is 91.0 Å². The van der Waals surface area contributed by atoms with E-state index in [1.165, 1.54) is 22.4 Å². The lowest BCUT2D eigenvalue weighted by Gasteiger charge is -2.16. The zero-order valence-corrected chi connectivity index (χ0v) is 21.3. The maximum Gasteiger partial charge on any atom is 0.329 e. The molecule has 0 amide bonds. The van der Waals surface area contributed by atoms with Crippen molar-refractivity contribution in [2.24, 2.45) is 12.1 Å². The van der Waals surface area contributed by atoms with Gasteiger partial charge in [0.2, 0.25) is 5.95 Å². The molecule has 10 nitrogen and oxygen atoms in total. The Morgan fingerprint density at radius 3 is 2.69 bits per heavy atom. The van der Waals surface area contributed by atoms with Gasteiger partial charge >= 0.3 is 5.69 Å². The number of aryl methyl sites for hydroxylation is 2. The number of anilines is 1. The van der Waals surface area contributed by atoms with E-state index in [2.05, 4.69) is 36.4 Å². The van der Waals surface area contributed by atoms with Gasteiger partial charge in [-0.15, -0.1) is 0 Å². The molecule has 186 valence electrons. The minimum absolute atomic E-state index is 0.0116. The molecule has 0 aliphatic heterocycles. The monoisotopic (exact) mass is 552 g/mol. The maximum absolute atomic E-state index is 12.7. The second-order valence-electron chi connectivity index (χ2n) is 8.08. The van der Waals surface area contributed by atoms with E-state index in [9.17, 15) is 14.7 Å². The molecule has 36 heavy (non-hydrogen) atoms. The Morgan fingerprint density at radius 1 is 1.22 bits per heavy atom. The fourth-order valence-corrected chi connectivity index (χ4v) is 3.93. The third-order valence-corrected chi connectivity index (χ3v) is 5.82. The van der Waals surface area contributed by atoms with Crippen LogP contribution in [0.5, 0.6) is 5.75 Å². The highest BCUT2D eigenvalue weighted by Crippen LogP contribution is 2.19. The summed E-state index contributed by atoms with van der Waals surface area (Å²) in [5.41, 5.74) is 3.82. The van der Waals surface area contributed by atoms with E-state index in [4.69, 9.17) is 4.74 Å². The van der Waals surface area contributed by atoms with Crippen molar-refractivity contribution in [1.29, 1.82) is 0 Å². The van der Waals surface area contributed by atoms with E-state index < -0.39 is 17.4 Å². The number of aliphatic hydroxyl groups is 1. The Morgan fingerprint density at radius 2 is 1.94 bits per heavy atom. The zero-order chi connectivity index (χ0) is 25.7. The van der Waals surface area contributed by atoms with Crippen LogP contribution in [-0.4, -0.2) is 43.1 Å². The number of hydrazone groups is 1. The SMILES string of the molecule is Cc1ccccc1OC[C@H](O)Cn1c(N/N=C\C(Br)=C/c2ccccc2)nc2c1c(=O)[nH]c(=O)n2C. The molecule has 0 unspecified atom stereocenters. The number of nitrogens with one attached hydrogen (secondary N) is 2. The number of hydrogen-bond acceptors (Lipinski definition) is 7. The predicted octanol–water partition coefficient (Wildman–Crippen LogP) is 3.01. The van der Waals surface area contributed by atoms with E-state index in [1.807, 2.05) is 67.6 Å². The van der Waals surface area contributed by atoms with Gasteiger partial charge in [0.25, 0.3) is 5.56 Å². The summed E-state index contributed by atoms with van der Waals surface area (Å²) in [7, 11) is 1.50. The molecule has 2 heterocycles. The number of aromatic nitrogens is 4. The van der Waals surface area contributed by atoms with Gasteiger partial charge in [-0.3, -0.25) is 14.3 Å². The van der Waals surface area contributed by atoms with Gasteiger partial charge in [0, 0.05) is 11.5 Å². The fraction of sp³-hybridized carbons (Fsp3) is 0.200. The smallest absolute Gasteiger partial charge is 0.329 e. The number of halogens is 1. The van der Waals surface area contributed by atoms with Crippen molar-refractivity contribution in [1.82, 2.24) is 19.1 Å². The maximum atomic E-state index is 12.7. The van der Waals surface area contributed by atoms with Gasteiger partial charge < -0.3 is 14.4 Å². The summed E-state index contributed by atoms with van der Waals surface area (Å²) in [6.07, 6.45) is 2.44. The third-order valence-electron chi connectivity index (χ3n) is 5.38. The van der Waals surface area contributed by atoms with Crippen LogP contribution in [0.3, 0.4) is 0 Å². The number of ether oxygens (including phenoxy) is 1. The van der Waals surface area contributed by atoms with Gasteiger partial charge in [-0.05, 0) is 46.1 Å². The van der Waals surface area contributed by atoms with Crippen molar-refractivity contribution in [3.63, 3.8) is 0 Å². The van der Waals surface area contributed by atoms with Crippen molar-refractivity contribution < 1.29 is 9.84 Å². The first-order chi connectivity index (χ1) is 17.3. The lowest BCUT2D eigenvalue weighted by atomic mass is 10.2. The van der Waals surface area contributed by atoms with Crippen LogP contribution in [0, 0.1) is 6.92 Å². The second-order valence-corrected chi connectivity index (χ2v) is 8.99. The first-order valence-electron chi connectivity index (χ1n) is 11.1. The van der Waals surface area contributed by atoms with Gasteiger partial charge in [-0.2, -0.15) is 10.1 Å². The molecule has 4 aromatic rings. The minimum atomic E-state index is -0.979. The number of fused-ring (bicyclic) bond motifs is 1. The van der Waals surface area contributed by atoms with Crippen LogP contribution in [0.4, 0.5) is 5.95 Å². The standard InChI is InChI=1S/C25H25BrN6O4/c1-16-8-6-7-11-20(16)36-15-19(33)14-32-21-22(31(2)25(35)29-23(21)34)28-24(32)30-27-13-18(26)12-17-9-4-3-5-10-17/h3-13,19,33H,14-15H2,1-2H3,(H,28,30)(H,29,34,35)/b18-12+,27-13-/t19-/m1/s1. The van der Waals surface area contributed by atoms with Crippen LogP contribution in [0.1, 0.15) is 11.1 Å². The summed E-state index contributed by atoms with van der Waals surface area (Å²) in [5.74, 6) is 0.841. The van der Waals surface area contributed by atoms with Crippen molar-refractivity contribution in [2.75, 3.05) is 12.0 Å². The van der Waals surface area contributed by atoms with Crippen molar-refractivity contribution in [3.8, 4) is 5.75 Å². The molecule has 1 atom stereocenters. The number of benzene rings is 2. The molecular weight excluding hydrogens is 528 g/mol. The number of para-hydroxylation sites is 1. The summed E-state index contributed by atoms with van der Waals surface area (Å²) >= 11 is 3.45. The molecule has 0 radical (unpaired) electrons. The van der Waals surface area contributed by atoms with Crippen LogP contribution >= 0.6 is 15.9 Å². The van der Waals surface area contributed by atoms with E-state index in [0.29, 0.717) is 10.2 Å². The first-order valence-corrected chi connectivity index (χ1v) is 11.9. The molecule has 0 saturated carbocycles. The lowest BCUT2D eigenvalue weighted by molar-refractivity contribution is 0.0935. The van der Waals surface area contributed by atoms with E-state index in [1.54, 1.807) is 0 Å². The third kappa shape index (κ3) is 5.81. The van der Waals surface area contributed by atoms with Gasteiger partial charge in [0.15, 0.2) is 11.2 Å². The van der Waals surface area contributed by atoms with Crippen LogP contribution in [0.15, 0.2) is 73.8 Å². The Balaban J connectivity index is 1.60. The molecular formula is C25H25BrN6O4. The highest BCUT2D eigenvalue weighted by Gasteiger charge is 2.20. The van der Waals surface area contributed by atoms with Crippen LogP contribution in [-0.2, 0) is 13.6 Å². The number of aliphatic hydroxyl groups excluding tert-OH is 1. The average molecular weight is 553 g/mol. The molecule has 0 spiro atoms. The molecule has 0 aliphatic rings. The quantitative estimate of drug-likeness (QED) is 0.216. The van der Waals surface area contributed by atoms with Crippen LogP contribution in [0.25, 0.3) is 17.2 Å². The number of allylic oxidation sites excluding steroid dienone is 1.